The second-order valence-electron chi connectivity index (χ2n) is 6.72. The van der Waals surface area contributed by atoms with Crippen molar-refractivity contribution >= 4 is 23.5 Å². The normalized spacial score (nSPS) is 10.8. The standard InChI is InChI=1S/C24H22N2O2/c1-17-5-8-19(9-6-17)14-23(27)21-11-7-18(2)22(15-21)26-24(28)12-10-20-4-3-13-25-16-20/h3-13,15-16H,14H2,1-2H3,(H,26,28)/b12-10+. The van der Waals surface area contributed by atoms with Gasteiger partial charge in [0, 0.05) is 36.1 Å². The fourth-order valence-electron chi connectivity index (χ4n) is 2.74. The minimum atomic E-state index is -0.255. The first-order valence-corrected chi connectivity index (χ1v) is 9.10. The highest BCUT2D eigenvalue weighted by atomic mass is 16.1. The van der Waals surface area contributed by atoms with E-state index in [0.29, 0.717) is 17.7 Å². The van der Waals surface area contributed by atoms with Crippen LogP contribution in [0, 0.1) is 13.8 Å². The molecule has 0 atom stereocenters. The van der Waals surface area contributed by atoms with E-state index in [2.05, 4.69) is 10.3 Å². The van der Waals surface area contributed by atoms with Gasteiger partial charge in [-0.15, -0.1) is 0 Å². The molecule has 0 bridgehead atoms. The SMILES string of the molecule is Cc1ccc(CC(=O)c2ccc(C)c(NC(=O)/C=C/c3cccnc3)c2)cc1. The minimum Gasteiger partial charge on any atom is -0.322 e. The summed E-state index contributed by atoms with van der Waals surface area (Å²) >= 11 is 0. The molecular weight excluding hydrogens is 348 g/mol. The topological polar surface area (TPSA) is 59.1 Å². The average molecular weight is 370 g/mol. The van der Waals surface area contributed by atoms with E-state index in [1.54, 1.807) is 30.6 Å². The Labute approximate surface area is 165 Å². The first-order valence-electron chi connectivity index (χ1n) is 9.10. The molecule has 3 rings (SSSR count). The summed E-state index contributed by atoms with van der Waals surface area (Å²) in [5.74, 6) is -0.236. The largest absolute Gasteiger partial charge is 0.322 e. The molecule has 28 heavy (non-hydrogen) atoms. The Hall–Kier alpha value is -3.53. The lowest BCUT2D eigenvalue weighted by atomic mass is 10.0. The number of pyridine rings is 1. The number of amides is 1. The first kappa shape index (κ1) is 19.2. The second-order valence-corrected chi connectivity index (χ2v) is 6.72. The highest BCUT2D eigenvalue weighted by Gasteiger charge is 2.10. The van der Waals surface area contributed by atoms with Crippen LogP contribution in [0.1, 0.15) is 32.6 Å². The van der Waals surface area contributed by atoms with Gasteiger partial charge in [-0.25, -0.2) is 0 Å². The number of carbonyl (C=O) groups excluding carboxylic acids is 2. The van der Waals surface area contributed by atoms with Crippen molar-refractivity contribution in [1.29, 1.82) is 0 Å². The molecule has 0 aliphatic rings. The Kier molecular flexibility index (Phi) is 6.12. The number of rotatable bonds is 6. The van der Waals surface area contributed by atoms with Crippen LogP contribution in [-0.4, -0.2) is 16.7 Å². The molecule has 0 spiro atoms. The predicted molar refractivity (Wildman–Crippen MR) is 112 cm³/mol. The van der Waals surface area contributed by atoms with Crippen LogP contribution in [0.5, 0.6) is 0 Å². The molecule has 1 N–H and O–H groups in total. The summed E-state index contributed by atoms with van der Waals surface area (Å²) in [7, 11) is 0. The third-order valence-corrected chi connectivity index (χ3v) is 4.41. The Bertz CT molecular complexity index is 1010. The van der Waals surface area contributed by atoms with E-state index in [4.69, 9.17) is 0 Å². The van der Waals surface area contributed by atoms with Crippen LogP contribution < -0.4 is 5.32 Å². The van der Waals surface area contributed by atoms with Crippen molar-refractivity contribution in [3.8, 4) is 0 Å². The number of aromatic nitrogens is 1. The quantitative estimate of drug-likeness (QED) is 0.502. The number of carbonyl (C=O) groups is 2. The summed E-state index contributed by atoms with van der Waals surface area (Å²) in [6, 6.07) is 17.0. The molecule has 3 aromatic rings. The molecule has 0 unspecified atom stereocenters. The van der Waals surface area contributed by atoms with Crippen molar-refractivity contribution in [3.63, 3.8) is 0 Å². The Morgan fingerprint density at radius 2 is 1.82 bits per heavy atom. The van der Waals surface area contributed by atoms with Gasteiger partial charge in [-0.1, -0.05) is 48.0 Å². The maximum atomic E-state index is 12.6. The van der Waals surface area contributed by atoms with E-state index in [0.717, 1.165) is 22.3 Å². The molecule has 0 aliphatic carbocycles. The summed E-state index contributed by atoms with van der Waals surface area (Å²) in [5.41, 5.74) is 5.09. The molecule has 1 aromatic heterocycles. The number of hydrogen-bond donors (Lipinski definition) is 1. The van der Waals surface area contributed by atoms with Gasteiger partial charge in [0.1, 0.15) is 0 Å². The maximum Gasteiger partial charge on any atom is 0.248 e. The number of Topliss-reactive ketones (excluding diaryl/α,β-unsaturated/α-hetero) is 1. The van der Waals surface area contributed by atoms with E-state index in [-0.39, 0.29) is 11.7 Å². The van der Waals surface area contributed by atoms with Crippen molar-refractivity contribution < 1.29 is 9.59 Å². The van der Waals surface area contributed by atoms with Gasteiger partial charge in [0.05, 0.1) is 0 Å². The van der Waals surface area contributed by atoms with Gasteiger partial charge in [-0.2, -0.15) is 0 Å². The molecule has 0 saturated carbocycles. The molecule has 0 aliphatic heterocycles. The van der Waals surface area contributed by atoms with Gasteiger partial charge in [0.15, 0.2) is 5.78 Å². The number of anilines is 1. The molecule has 1 heterocycles. The smallest absolute Gasteiger partial charge is 0.248 e. The lowest BCUT2D eigenvalue weighted by molar-refractivity contribution is -0.111. The third-order valence-electron chi connectivity index (χ3n) is 4.41. The maximum absolute atomic E-state index is 12.6. The van der Waals surface area contributed by atoms with Gasteiger partial charge in [-0.3, -0.25) is 14.6 Å². The Balaban J connectivity index is 1.70. The number of nitrogens with zero attached hydrogens (tertiary/aromatic N) is 1. The van der Waals surface area contributed by atoms with Crippen LogP contribution in [-0.2, 0) is 11.2 Å². The number of ketones is 1. The summed E-state index contributed by atoms with van der Waals surface area (Å²) in [5, 5.41) is 2.85. The predicted octanol–water partition coefficient (Wildman–Crippen LogP) is 4.78. The molecule has 4 nitrogen and oxygen atoms in total. The highest BCUT2D eigenvalue weighted by molar-refractivity contribution is 6.04. The van der Waals surface area contributed by atoms with Crippen molar-refractivity contribution in [2.45, 2.75) is 20.3 Å². The molecule has 0 radical (unpaired) electrons. The zero-order valence-corrected chi connectivity index (χ0v) is 16.0. The van der Waals surface area contributed by atoms with Crippen LogP contribution in [0.3, 0.4) is 0 Å². The van der Waals surface area contributed by atoms with E-state index in [1.165, 1.54) is 6.08 Å². The average Bonchev–Trinajstić information content (AvgIpc) is 2.70. The van der Waals surface area contributed by atoms with Gasteiger partial charge in [-0.05, 0) is 48.7 Å². The van der Waals surface area contributed by atoms with Crippen molar-refractivity contribution in [2.75, 3.05) is 5.32 Å². The number of nitrogens with one attached hydrogen (secondary N) is 1. The number of benzene rings is 2. The monoisotopic (exact) mass is 370 g/mol. The fourth-order valence-corrected chi connectivity index (χ4v) is 2.74. The van der Waals surface area contributed by atoms with Crippen LogP contribution >= 0.6 is 0 Å². The molecule has 4 heteroatoms. The minimum absolute atomic E-state index is 0.0188. The van der Waals surface area contributed by atoms with Crippen LogP contribution in [0.25, 0.3) is 6.08 Å². The zero-order chi connectivity index (χ0) is 19.9. The van der Waals surface area contributed by atoms with Gasteiger partial charge < -0.3 is 5.32 Å². The van der Waals surface area contributed by atoms with Gasteiger partial charge in [0.2, 0.25) is 5.91 Å². The Morgan fingerprint density at radius 1 is 1.04 bits per heavy atom. The molecule has 0 saturated heterocycles. The summed E-state index contributed by atoms with van der Waals surface area (Å²) in [4.78, 5) is 28.9. The first-order chi connectivity index (χ1) is 13.5. The van der Waals surface area contributed by atoms with E-state index < -0.39 is 0 Å². The van der Waals surface area contributed by atoms with E-state index >= 15 is 0 Å². The van der Waals surface area contributed by atoms with Gasteiger partial charge >= 0.3 is 0 Å². The van der Waals surface area contributed by atoms with Gasteiger partial charge in [0.25, 0.3) is 0 Å². The molecule has 1 amide bonds. The number of aryl methyl sites for hydroxylation is 2. The van der Waals surface area contributed by atoms with E-state index in [9.17, 15) is 9.59 Å². The van der Waals surface area contributed by atoms with Crippen LogP contribution in [0.15, 0.2) is 73.1 Å². The van der Waals surface area contributed by atoms with Crippen molar-refractivity contribution in [2.24, 2.45) is 0 Å². The fraction of sp³-hybridized carbons (Fsp3) is 0.125. The molecule has 0 fully saturated rings. The molecular formula is C24H22N2O2. The molecule has 140 valence electrons. The summed E-state index contributed by atoms with van der Waals surface area (Å²) < 4.78 is 0. The summed E-state index contributed by atoms with van der Waals surface area (Å²) in [6.07, 6.45) is 6.85. The zero-order valence-electron chi connectivity index (χ0n) is 16.0. The van der Waals surface area contributed by atoms with Crippen molar-refractivity contribution in [3.05, 3.63) is 101 Å². The Morgan fingerprint density at radius 3 is 2.54 bits per heavy atom. The lowest BCUT2D eigenvalue weighted by Gasteiger charge is -2.09. The van der Waals surface area contributed by atoms with E-state index in [1.807, 2.05) is 56.3 Å². The van der Waals surface area contributed by atoms with Crippen LogP contribution in [0.4, 0.5) is 5.69 Å². The number of hydrogen-bond acceptors (Lipinski definition) is 3. The second kappa shape index (κ2) is 8.91. The van der Waals surface area contributed by atoms with Crippen LogP contribution in [0.2, 0.25) is 0 Å². The lowest BCUT2D eigenvalue weighted by Crippen LogP contribution is -2.11. The third kappa shape index (κ3) is 5.24. The highest BCUT2D eigenvalue weighted by Crippen LogP contribution is 2.19. The van der Waals surface area contributed by atoms with Crippen molar-refractivity contribution in [1.82, 2.24) is 4.98 Å². The summed E-state index contributed by atoms with van der Waals surface area (Å²) in [6.45, 7) is 3.91. The molecule has 2 aromatic carbocycles.